The molecule has 0 aliphatic heterocycles. The van der Waals surface area contributed by atoms with Gasteiger partial charge in [0.2, 0.25) is 0 Å². The zero-order valence-corrected chi connectivity index (χ0v) is 12.0. The predicted molar refractivity (Wildman–Crippen MR) is 74.7 cm³/mol. The fraction of sp³-hybridized carbons (Fsp3) is 0.533. The minimum Gasteiger partial charge on any atom is -0.508 e. The highest BCUT2D eigenvalue weighted by atomic mass is 16.4. The third kappa shape index (κ3) is 3.95. The van der Waals surface area contributed by atoms with Gasteiger partial charge in [-0.25, -0.2) is 4.79 Å². The van der Waals surface area contributed by atoms with E-state index in [2.05, 4.69) is 0 Å². The number of rotatable bonds is 6. The molecule has 1 aromatic rings. The number of phenolic OH excluding ortho intramolecular Hbond substituents is 1. The van der Waals surface area contributed by atoms with Crippen LogP contribution in [0, 0.1) is 5.92 Å². The van der Waals surface area contributed by atoms with E-state index in [1.807, 2.05) is 13.8 Å². The molecule has 0 radical (unpaired) electrons. The average molecular weight is 282 g/mol. The molecule has 0 unspecified atom stereocenters. The Balaban J connectivity index is 2.89. The number of carbonyl (C=O) groups is 1. The molecule has 5 nitrogen and oxygen atoms in total. The van der Waals surface area contributed by atoms with Gasteiger partial charge in [0.1, 0.15) is 5.75 Å². The van der Waals surface area contributed by atoms with Gasteiger partial charge in [0, 0.05) is 5.56 Å². The van der Waals surface area contributed by atoms with Gasteiger partial charge in [-0.2, -0.15) is 0 Å². The lowest BCUT2D eigenvalue weighted by Gasteiger charge is -2.27. The van der Waals surface area contributed by atoms with E-state index in [-0.39, 0.29) is 29.2 Å². The summed E-state index contributed by atoms with van der Waals surface area (Å²) in [6.07, 6.45) is 0.138. The van der Waals surface area contributed by atoms with E-state index in [4.69, 9.17) is 5.11 Å². The van der Waals surface area contributed by atoms with Crippen molar-refractivity contribution in [1.29, 1.82) is 0 Å². The van der Waals surface area contributed by atoms with E-state index in [1.54, 1.807) is 0 Å². The standard InChI is InChI=1S/C15H22O5/c1-9(2)12(16)6-7-15(3,20)11-5-4-10(14(18)19)8-13(11)17/h4-5,8-9,12,16-17,20H,6-7H2,1-3H3,(H,18,19)/t12-,15+/m1/s1. The second-order valence-corrected chi connectivity index (χ2v) is 5.66. The summed E-state index contributed by atoms with van der Waals surface area (Å²) in [5.74, 6) is -1.30. The Labute approximate surface area is 118 Å². The lowest BCUT2D eigenvalue weighted by atomic mass is 9.87. The van der Waals surface area contributed by atoms with Gasteiger partial charge in [0.05, 0.1) is 17.3 Å². The van der Waals surface area contributed by atoms with Crippen LogP contribution in [0.25, 0.3) is 0 Å². The van der Waals surface area contributed by atoms with Crippen molar-refractivity contribution in [2.24, 2.45) is 5.92 Å². The number of hydrogen-bond acceptors (Lipinski definition) is 4. The highest BCUT2D eigenvalue weighted by Crippen LogP contribution is 2.34. The van der Waals surface area contributed by atoms with E-state index in [9.17, 15) is 20.1 Å². The number of aliphatic hydroxyl groups excluding tert-OH is 1. The Morgan fingerprint density at radius 2 is 1.95 bits per heavy atom. The number of aliphatic hydroxyl groups is 2. The van der Waals surface area contributed by atoms with Gasteiger partial charge >= 0.3 is 5.97 Å². The molecule has 0 saturated heterocycles. The van der Waals surface area contributed by atoms with Crippen molar-refractivity contribution in [2.75, 3.05) is 0 Å². The number of benzene rings is 1. The summed E-state index contributed by atoms with van der Waals surface area (Å²) in [5.41, 5.74) is -1.10. The molecule has 0 saturated carbocycles. The smallest absolute Gasteiger partial charge is 0.335 e. The Morgan fingerprint density at radius 1 is 1.35 bits per heavy atom. The van der Waals surface area contributed by atoms with Crippen LogP contribution in [0.1, 0.15) is 49.5 Å². The summed E-state index contributed by atoms with van der Waals surface area (Å²) in [5, 5.41) is 38.9. The molecular formula is C15H22O5. The van der Waals surface area contributed by atoms with Crippen molar-refractivity contribution < 1.29 is 25.2 Å². The molecule has 0 aliphatic carbocycles. The number of carboxylic acids is 1. The van der Waals surface area contributed by atoms with Crippen molar-refractivity contribution >= 4 is 5.97 Å². The van der Waals surface area contributed by atoms with Gasteiger partial charge < -0.3 is 20.4 Å². The predicted octanol–water partition coefficient (Wildman–Crippen LogP) is 2.10. The van der Waals surface area contributed by atoms with Crippen LogP contribution >= 0.6 is 0 Å². The summed E-state index contributed by atoms with van der Waals surface area (Å²) >= 11 is 0. The van der Waals surface area contributed by atoms with Crippen LogP contribution < -0.4 is 0 Å². The molecule has 0 spiro atoms. The van der Waals surface area contributed by atoms with Crippen molar-refractivity contribution in [3.8, 4) is 5.75 Å². The number of phenols is 1. The van der Waals surface area contributed by atoms with Gasteiger partial charge in [-0.05, 0) is 37.8 Å². The van der Waals surface area contributed by atoms with Gasteiger partial charge in [-0.1, -0.05) is 19.9 Å². The third-order valence-electron chi connectivity index (χ3n) is 3.52. The Bertz CT molecular complexity index is 479. The first-order valence-corrected chi connectivity index (χ1v) is 6.62. The molecule has 0 fully saturated rings. The molecule has 0 aliphatic rings. The molecule has 0 aromatic heterocycles. The van der Waals surface area contributed by atoms with Crippen LogP contribution in [-0.2, 0) is 5.60 Å². The fourth-order valence-corrected chi connectivity index (χ4v) is 2.02. The van der Waals surface area contributed by atoms with Crippen molar-refractivity contribution in [1.82, 2.24) is 0 Å². The van der Waals surface area contributed by atoms with Crippen molar-refractivity contribution in [3.05, 3.63) is 29.3 Å². The summed E-state index contributed by atoms with van der Waals surface area (Å²) < 4.78 is 0. The fourth-order valence-electron chi connectivity index (χ4n) is 2.02. The number of aromatic hydroxyl groups is 1. The van der Waals surface area contributed by atoms with E-state index < -0.39 is 17.7 Å². The molecule has 0 heterocycles. The topological polar surface area (TPSA) is 98.0 Å². The maximum atomic E-state index is 10.8. The molecule has 112 valence electrons. The second kappa shape index (κ2) is 6.24. The summed E-state index contributed by atoms with van der Waals surface area (Å²) in [6, 6.07) is 3.86. The Kier molecular flexibility index (Phi) is 5.14. The maximum Gasteiger partial charge on any atom is 0.335 e. The van der Waals surface area contributed by atoms with Crippen LogP contribution in [0.3, 0.4) is 0 Å². The van der Waals surface area contributed by atoms with Crippen molar-refractivity contribution in [3.63, 3.8) is 0 Å². The molecule has 2 atom stereocenters. The van der Waals surface area contributed by atoms with Crippen LogP contribution in [-0.4, -0.2) is 32.5 Å². The molecule has 4 N–H and O–H groups in total. The van der Waals surface area contributed by atoms with Crippen LogP contribution in [0.15, 0.2) is 18.2 Å². The maximum absolute atomic E-state index is 10.8. The molecular weight excluding hydrogens is 260 g/mol. The molecule has 0 amide bonds. The minimum atomic E-state index is -1.32. The average Bonchev–Trinajstić information content (AvgIpc) is 2.35. The first kappa shape index (κ1) is 16.5. The Hall–Kier alpha value is -1.59. The van der Waals surface area contributed by atoms with E-state index >= 15 is 0 Å². The first-order chi connectivity index (χ1) is 9.15. The van der Waals surface area contributed by atoms with Gasteiger partial charge in [-0.15, -0.1) is 0 Å². The number of hydrogen-bond donors (Lipinski definition) is 4. The largest absolute Gasteiger partial charge is 0.508 e. The quantitative estimate of drug-likeness (QED) is 0.640. The second-order valence-electron chi connectivity index (χ2n) is 5.66. The highest BCUT2D eigenvalue weighted by Gasteiger charge is 2.28. The molecule has 1 rings (SSSR count). The summed E-state index contributed by atoms with van der Waals surface area (Å²) in [4.78, 5) is 10.8. The first-order valence-electron chi connectivity index (χ1n) is 6.62. The van der Waals surface area contributed by atoms with Gasteiger partial charge in [0.25, 0.3) is 0 Å². The van der Waals surface area contributed by atoms with E-state index in [0.29, 0.717) is 6.42 Å². The normalized spacial score (nSPS) is 15.9. The lowest BCUT2D eigenvalue weighted by Crippen LogP contribution is -2.25. The molecule has 0 bridgehead atoms. The van der Waals surface area contributed by atoms with Gasteiger partial charge in [0.15, 0.2) is 0 Å². The van der Waals surface area contributed by atoms with Crippen LogP contribution in [0.5, 0.6) is 5.75 Å². The summed E-state index contributed by atoms with van der Waals surface area (Å²) in [7, 11) is 0. The van der Waals surface area contributed by atoms with Crippen LogP contribution in [0.4, 0.5) is 0 Å². The highest BCUT2D eigenvalue weighted by molar-refractivity contribution is 5.88. The van der Waals surface area contributed by atoms with Crippen molar-refractivity contribution in [2.45, 2.75) is 45.3 Å². The van der Waals surface area contributed by atoms with Gasteiger partial charge in [-0.3, -0.25) is 0 Å². The zero-order chi connectivity index (χ0) is 15.5. The minimum absolute atomic E-state index is 0.0377. The lowest BCUT2D eigenvalue weighted by molar-refractivity contribution is 0.0188. The monoisotopic (exact) mass is 282 g/mol. The SMILES string of the molecule is CC(C)[C@H](O)CC[C@](C)(O)c1ccc(C(=O)O)cc1O. The third-order valence-corrected chi connectivity index (χ3v) is 3.52. The molecule has 5 heteroatoms. The van der Waals surface area contributed by atoms with E-state index in [0.717, 1.165) is 6.07 Å². The summed E-state index contributed by atoms with van der Waals surface area (Å²) in [6.45, 7) is 5.31. The zero-order valence-electron chi connectivity index (χ0n) is 12.0. The molecule has 1 aromatic carbocycles. The molecule has 20 heavy (non-hydrogen) atoms. The number of aromatic carboxylic acids is 1. The van der Waals surface area contributed by atoms with Crippen LogP contribution in [0.2, 0.25) is 0 Å². The number of carboxylic acid groups (broad SMARTS) is 1. The van der Waals surface area contributed by atoms with E-state index in [1.165, 1.54) is 19.1 Å². The Morgan fingerprint density at radius 3 is 2.40 bits per heavy atom.